The first-order valence-electron chi connectivity index (χ1n) is 6.90. The molecule has 0 fully saturated rings. The first kappa shape index (κ1) is 16.4. The molecule has 0 radical (unpaired) electrons. The van der Waals surface area contributed by atoms with E-state index in [0.29, 0.717) is 16.9 Å². The first-order chi connectivity index (χ1) is 10.2. The van der Waals surface area contributed by atoms with E-state index in [1.54, 1.807) is 33.0 Å². The van der Waals surface area contributed by atoms with Crippen molar-refractivity contribution in [3.05, 3.63) is 35.0 Å². The SMILES string of the molecule is Cn1cc(C(C=O)NC(=O)OC(C)(C)C)c2ccc(Cl)cc21. The summed E-state index contributed by atoms with van der Waals surface area (Å²) in [5.41, 5.74) is 0.972. The molecule has 5 nitrogen and oxygen atoms in total. The van der Waals surface area contributed by atoms with Crippen molar-refractivity contribution >= 4 is 34.9 Å². The number of benzene rings is 1. The summed E-state index contributed by atoms with van der Waals surface area (Å²) in [6.07, 6.45) is 1.86. The molecule has 1 aromatic heterocycles. The highest BCUT2D eigenvalue weighted by Gasteiger charge is 2.22. The largest absolute Gasteiger partial charge is 0.444 e. The van der Waals surface area contributed by atoms with Crippen LogP contribution in [0.15, 0.2) is 24.4 Å². The molecule has 0 aliphatic rings. The van der Waals surface area contributed by atoms with Crippen LogP contribution in [0.5, 0.6) is 0 Å². The molecule has 1 heterocycles. The van der Waals surface area contributed by atoms with Gasteiger partial charge < -0.3 is 19.4 Å². The Kier molecular flexibility index (Phi) is 4.47. The lowest BCUT2D eigenvalue weighted by Crippen LogP contribution is -2.35. The van der Waals surface area contributed by atoms with Crippen molar-refractivity contribution in [1.82, 2.24) is 9.88 Å². The van der Waals surface area contributed by atoms with E-state index >= 15 is 0 Å². The standard InChI is InChI=1S/C16H19ClN2O3/c1-16(2,3)22-15(21)18-13(9-20)12-8-19(4)14-7-10(17)5-6-11(12)14/h5-9,13H,1-4H3,(H,18,21). The lowest BCUT2D eigenvalue weighted by molar-refractivity contribution is -0.109. The van der Waals surface area contributed by atoms with Crippen LogP contribution in [0, 0.1) is 0 Å². The molecule has 0 bridgehead atoms. The first-order valence-corrected chi connectivity index (χ1v) is 7.28. The van der Waals surface area contributed by atoms with Gasteiger partial charge in [0.1, 0.15) is 17.9 Å². The number of halogens is 1. The maximum atomic E-state index is 11.9. The minimum Gasteiger partial charge on any atom is -0.444 e. The normalized spacial score (nSPS) is 13.0. The van der Waals surface area contributed by atoms with Crippen LogP contribution in [0.1, 0.15) is 32.4 Å². The van der Waals surface area contributed by atoms with Crippen LogP contribution in [0.3, 0.4) is 0 Å². The summed E-state index contributed by atoms with van der Waals surface area (Å²) in [5.74, 6) is 0. The summed E-state index contributed by atoms with van der Waals surface area (Å²) in [6, 6.07) is 4.62. The molecule has 0 aliphatic carbocycles. The number of nitrogens with zero attached hydrogens (tertiary/aromatic N) is 1. The molecule has 6 heteroatoms. The van der Waals surface area contributed by atoms with E-state index in [2.05, 4.69) is 5.32 Å². The van der Waals surface area contributed by atoms with E-state index in [1.165, 1.54) is 0 Å². The van der Waals surface area contributed by atoms with Crippen molar-refractivity contribution in [3.63, 3.8) is 0 Å². The van der Waals surface area contributed by atoms with Crippen molar-refractivity contribution in [1.29, 1.82) is 0 Å². The molecule has 22 heavy (non-hydrogen) atoms. The van der Waals surface area contributed by atoms with Crippen LogP contribution >= 0.6 is 11.6 Å². The number of aryl methyl sites for hydroxylation is 1. The zero-order valence-corrected chi connectivity index (χ0v) is 13.8. The van der Waals surface area contributed by atoms with Gasteiger partial charge in [-0.2, -0.15) is 0 Å². The van der Waals surface area contributed by atoms with Crippen LogP contribution in [0.2, 0.25) is 5.02 Å². The number of hydrogen-bond acceptors (Lipinski definition) is 3. The number of nitrogens with one attached hydrogen (secondary N) is 1. The van der Waals surface area contributed by atoms with E-state index < -0.39 is 17.7 Å². The van der Waals surface area contributed by atoms with E-state index in [4.69, 9.17) is 16.3 Å². The number of fused-ring (bicyclic) bond motifs is 1. The molecule has 0 saturated heterocycles. The molecular formula is C16H19ClN2O3. The van der Waals surface area contributed by atoms with Gasteiger partial charge in [0.15, 0.2) is 0 Å². The molecule has 1 unspecified atom stereocenters. The molecular weight excluding hydrogens is 304 g/mol. The monoisotopic (exact) mass is 322 g/mol. The third kappa shape index (κ3) is 3.60. The van der Waals surface area contributed by atoms with Crippen LogP contribution in [0.25, 0.3) is 10.9 Å². The van der Waals surface area contributed by atoms with Crippen molar-refractivity contribution in [2.24, 2.45) is 7.05 Å². The Balaban J connectivity index is 2.32. The Morgan fingerprint density at radius 1 is 1.41 bits per heavy atom. The van der Waals surface area contributed by atoms with Gasteiger partial charge in [0.05, 0.1) is 0 Å². The molecule has 1 aromatic carbocycles. The molecule has 2 aromatic rings. The molecule has 118 valence electrons. The van der Waals surface area contributed by atoms with Gasteiger partial charge in [0, 0.05) is 34.7 Å². The van der Waals surface area contributed by atoms with Crippen molar-refractivity contribution in [2.45, 2.75) is 32.4 Å². The molecule has 0 spiro atoms. The highest BCUT2D eigenvalue weighted by molar-refractivity contribution is 6.31. The fourth-order valence-electron chi connectivity index (χ4n) is 2.26. The van der Waals surface area contributed by atoms with Gasteiger partial charge >= 0.3 is 6.09 Å². The molecule has 0 saturated carbocycles. The Morgan fingerprint density at radius 2 is 2.09 bits per heavy atom. The van der Waals surface area contributed by atoms with Crippen molar-refractivity contribution in [2.75, 3.05) is 0 Å². The lowest BCUT2D eigenvalue weighted by Gasteiger charge is -2.21. The predicted octanol–water partition coefficient (Wildman–Crippen LogP) is 3.60. The maximum absolute atomic E-state index is 11.9. The number of amides is 1. The molecule has 1 N–H and O–H groups in total. The minimum atomic E-state index is -0.778. The highest BCUT2D eigenvalue weighted by Crippen LogP contribution is 2.27. The van der Waals surface area contributed by atoms with Gasteiger partial charge in [-0.05, 0) is 32.9 Å². The van der Waals surface area contributed by atoms with Gasteiger partial charge in [-0.25, -0.2) is 4.79 Å². The summed E-state index contributed by atoms with van der Waals surface area (Å²) in [6.45, 7) is 5.30. The molecule has 2 rings (SSSR count). The summed E-state index contributed by atoms with van der Waals surface area (Å²) in [7, 11) is 1.86. The fourth-order valence-corrected chi connectivity index (χ4v) is 2.42. The molecule has 1 amide bonds. The average Bonchev–Trinajstić information content (AvgIpc) is 2.71. The Labute approximate surface area is 134 Å². The second-order valence-corrected chi connectivity index (χ2v) is 6.55. The van der Waals surface area contributed by atoms with Gasteiger partial charge in [0.25, 0.3) is 0 Å². The highest BCUT2D eigenvalue weighted by atomic mass is 35.5. The van der Waals surface area contributed by atoms with Crippen LogP contribution < -0.4 is 5.32 Å². The molecule has 1 atom stereocenters. The Morgan fingerprint density at radius 3 is 2.68 bits per heavy atom. The van der Waals surface area contributed by atoms with Gasteiger partial charge in [-0.15, -0.1) is 0 Å². The number of alkyl carbamates (subject to hydrolysis) is 1. The van der Waals surface area contributed by atoms with Crippen LogP contribution in [0.4, 0.5) is 4.79 Å². The second-order valence-electron chi connectivity index (χ2n) is 6.12. The Hall–Kier alpha value is -2.01. The van der Waals surface area contributed by atoms with Crippen molar-refractivity contribution in [3.8, 4) is 0 Å². The van der Waals surface area contributed by atoms with E-state index in [0.717, 1.165) is 10.9 Å². The zero-order valence-electron chi connectivity index (χ0n) is 13.0. The van der Waals surface area contributed by atoms with Crippen LogP contribution in [-0.2, 0) is 16.6 Å². The van der Waals surface area contributed by atoms with E-state index in [9.17, 15) is 9.59 Å². The summed E-state index contributed by atoms with van der Waals surface area (Å²) in [5, 5.41) is 4.06. The predicted molar refractivity (Wildman–Crippen MR) is 86.1 cm³/mol. The minimum absolute atomic E-state index is 0.614. The number of carbonyl (C=O) groups is 2. The van der Waals surface area contributed by atoms with E-state index in [1.807, 2.05) is 23.7 Å². The van der Waals surface area contributed by atoms with Gasteiger partial charge in [-0.1, -0.05) is 17.7 Å². The third-order valence-electron chi connectivity index (χ3n) is 3.13. The Bertz CT molecular complexity index is 716. The summed E-state index contributed by atoms with van der Waals surface area (Å²) >= 11 is 6.00. The number of rotatable bonds is 3. The van der Waals surface area contributed by atoms with Gasteiger partial charge in [0.2, 0.25) is 0 Å². The smallest absolute Gasteiger partial charge is 0.408 e. The second kappa shape index (κ2) is 6.01. The summed E-state index contributed by atoms with van der Waals surface area (Å²) < 4.78 is 7.06. The van der Waals surface area contributed by atoms with E-state index in [-0.39, 0.29) is 0 Å². The zero-order chi connectivity index (χ0) is 16.5. The topological polar surface area (TPSA) is 60.3 Å². The third-order valence-corrected chi connectivity index (χ3v) is 3.36. The summed E-state index contributed by atoms with van der Waals surface area (Å²) in [4.78, 5) is 23.3. The molecule has 0 aliphatic heterocycles. The number of aromatic nitrogens is 1. The fraction of sp³-hybridized carbons (Fsp3) is 0.375. The van der Waals surface area contributed by atoms with Crippen LogP contribution in [-0.4, -0.2) is 22.5 Å². The lowest BCUT2D eigenvalue weighted by atomic mass is 10.1. The average molecular weight is 323 g/mol. The number of carbonyl (C=O) groups excluding carboxylic acids is 2. The van der Waals surface area contributed by atoms with Gasteiger partial charge in [-0.3, -0.25) is 0 Å². The number of ether oxygens (including phenoxy) is 1. The quantitative estimate of drug-likeness (QED) is 0.878. The number of hydrogen-bond donors (Lipinski definition) is 1. The van der Waals surface area contributed by atoms with Crippen molar-refractivity contribution < 1.29 is 14.3 Å². The maximum Gasteiger partial charge on any atom is 0.408 e. The number of aldehydes is 1.